The fourth-order valence-corrected chi connectivity index (χ4v) is 1.03. The molecule has 0 aliphatic rings. The van der Waals surface area contributed by atoms with Gasteiger partial charge in [0.1, 0.15) is 5.69 Å². The SMILES string of the molecule is Nc1cnc2[nH]nc(C=O)c2c1. The first-order valence-corrected chi connectivity index (χ1v) is 3.36. The lowest BCUT2D eigenvalue weighted by molar-refractivity contribution is 0.112. The van der Waals surface area contributed by atoms with E-state index in [1.807, 2.05) is 0 Å². The van der Waals surface area contributed by atoms with Crippen LogP contribution in [0.15, 0.2) is 12.3 Å². The van der Waals surface area contributed by atoms with E-state index >= 15 is 0 Å². The van der Waals surface area contributed by atoms with Crippen LogP contribution in [0.3, 0.4) is 0 Å². The summed E-state index contributed by atoms with van der Waals surface area (Å²) in [5.41, 5.74) is 6.92. The zero-order valence-corrected chi connectivity index (χ0v) is 6.11. The highest BCUT2D eigenvalue weighted by Gasteiger charge is 2.04. The average Bonchev–Trinajstić information content (AvgIpc) is 2.46. The fourth-order valence-electron chi connectivity index (χ4n) is 1.03. The molecule has 0 radical (unpaired) electrons. The van der Waals surface area contributed by atoms with Crippen molar-refractivity contribution in [1.29, 1.82) is 0 Å². The summed E-state index contributed by atoms with van der Waals surface area (Å²) in [5.74, 6) is 0. The normalized spacial score (nSPS) is 10.3. The van der Waals surface area contributed by atoms with Crippen LogP contribution in [0.2, 0.25) is 0 Å². The standard InChI is InChI=1S/C7H6N4O/c8-4-1-5-6(3-12)10-11-7(5)9-2-4/h1-3H,8H2,(H,9,10,11). The number of pyridine rings is 1. The van der Waals surface area contributed by atoms with E-state index in [4.69, 9.17) is 5.73 Å². The molecule has 0 saturated heterocycles. The van der Waals surface area contributed by atoms with E-state index in [1.165, 1.54) is 6.20 Å². The number of nitrogens with one attached hydrogen (secondary N) is 1. The largest absolute Gasteiger partial charge is 0.397 e. The van der Waals surface area contributed by atoms with Crippen LogP contribution < -0.4 is 5.73 Å². The molecule has 0 unspecified atom stereocenters. The summed E-state index contributed by atoms with van der Waals surface area (Å²) >= 11 is 0. The third-order valence-electron chi connectivity index (χ3n) is 1.58. The number of hydrogen-bond acceptors (Lipinski definition) is 4. The van der Waals surface area contributed by atoms with Crippen molar-refractivity contribution in [2.75, 3.05) is 5.73 Å². The monoisotopic (exact) mass is 162 g/mol. The van der Waals surface area contributed by atoms with E-state index in [-0.39, 0.29) is 0 Å². The smallest absolute Gasteiger partial charge is 0.171 e. The van der Waals surface area contributed by atoms with Gasteiger partial charge >= 0.3 is 0 Å². The van der Waals surface area contributed by atoms with Gasteiger partial charge < -0.3 is 5.73 Å². The van der Waals surface area contributed by atoms with Crippen LogP contribution in [0.5, 0.6) is 0 Å². The minimum Gasteiger partial charge on any atom is -0.397 e. The summed E-state index contributed by atoms with van der Waals surface area (Å²) in [4.78, 5) is 14.4. The van der Waals surface area contributed by atoms with Gasteiger partial charge in [0.15, 0.2) is 11.9 Å². The van der Waals surface area contributed by atoms with Crippen LogP contribution in [0.25, 0.3) is 11.0 Å². The first kappa shape index (κ1) is 6.78. The Hall–Kier alpha value is -1.91. The van der Waals surface area contributed by atoms with E-state index in [9.17, 15) is 4.79 Å². The lowest BCUT2D eigenvalue weighted by atomic mass is 10.2. The van der Waals surface area contributed by atoms with Gasteiger partial charge in [0.25, 0.3) is 0 Å². The van der Waals surface area contributed by atoms with Crippen molar-refractivity contribution in [3.05, 3.63) is 18.0 Å². The molecular formula is C7H6N4O. The number of nitrogens with zero attached hydrogens (tertiary/aromatic N) is 2. The highest BCUT2D eigenvalue weighted by atomic mass is 16.1. The van der Waals surface area contributed by atoms with Gasteiger partial charge in [0.2, 0.25) is 0 Å². The molecule has 0 aromatic carbocycles. The molecule has 12 heavy (non-hydrogen) atoms. The third-order valence-corrected chi connectivity index (χ3v) is 1.58. The second kappa shape index (κ2) is 2.30. The first-order chi connectivity index (χ1) is 5.81. The minimum absolute atomic E-state index is 0.338. The van der Waals surface area contributed by atoms with Crippen molar-refractivity contribution in [3.8, 4) is 0 Å². The number of carbonyl (C=O) groups is 1. The Labute approximate surface area is 67.6 Å². The number of carbonyl (C=O) groups excluding carboxylic acids is 1. The lowest BCUT2D eigenvalue weighted by Gasteiger charge is -1.90. The summed E-state index contributed by atoms with van der Waals surface area (Å²) in [6.07, 6.45) is 2.18. The van der Waals surface area contributed by atoms with Crippen LogP contribution in [0, 0.1) is 0 Å². The van der Waals surface area contributed by atoms with Crippen molar-refractivity contribution in [2.45, 2.75) is 0 Å². The Kier molecular flexibility index (Phi) is 1.30. The number of aromatic nitrogens is 3. The first-order valence-electron chi connectivity index (χ1n) is 3.36. The molecule has 0 fully saturated rings. The van der Waals surface area contributed by atoms with Crippen LogP contribution in [-0.4, -0.2) is 21.5 Å². The number of fused-ring (bicyclic) bond motifs is 1. The van der Waals surface area contributed by atoms with Gasteiger partial charge in [-0.05, 0) is 6.07 Å². The number of hydrogen-bond donors (Lipinski definition) is 2. The zero-order chi connectivity index (χ0) is 8.55. The molecule has 0 spiro atoms. The molecular weight excluding hydrogens is 156 g/mol. The molecule has 2 aromatic rings. The summed E-state index contributed by atoms with van der Waals surface area (Å²) in [6, 6.07) is 1.66. The molecule has 5 heteroatoms. The Balaban J connectivity index is 2.83. The molecule has 3 N–H and O–H groups in total. The van der Waals surface area contributed by atoms with E-state index in [0.29, 0.717) is 28.7 Å². The Morgan fingerprint density at radius 2 is 2.42 bits per heavy atom. The Bertz CT molecular complexity index is 434. The quantitative estimate of drug-likeness (QED) is 0.592. The molecule has 0 aliphatic carbocycles. The van der Waals surface area contributed by atoms with Crippen molar-refractivity contribution in [3.63, 3.8) is 0 Å². The van der Waals surface area contributed by atoms with Crippen LogP contribution >= 0.6 is 0 Å². The van der Waals surface area contributed by atoms with Gasteiger partial charge in [-0.3, -0.25) is 9.89 Å². The predicted octanol–water partition coefficient (Wildman–Crippen LogP) is 0.353. The third kappa shape index (κ3) is 0.833. The summed E-state index contributed by atoms with van der Waals surface area (Å²) < 4.78 is 0. The molecule has 0 amide bonds. The molecule has 60 valence electrons. The molecule has 0 bridgehead atoms. The maximum atomic E-state index is 10.4. The number of rotatable bonds is 1. The highest BCUT2D eigenvalue weighted by molar-refractivity contribution is 5.94. The summed E-state index contributed by atoms with van der Waals surface area (Å²) in [6.45, 7) is 0. The fraction of sp³-hybridized carbons (Fsp3) is 0. The topological polar surface area (TPSA) is 84.7 Å². The number of anilines is 1. The van der Waals surface area contributed by atoms with E-state index in [2.05, 4.69) is 15.2 Å². The molecule has 0 atom stereocenters. The number of aldehydes is 1. The molecule has 0 saturated carbocycles. The molecule has 5 nitrogen and oxygen atoms in total. The average molecular weight is 162 g/mol. The number of nitrogen functional groups attached to an aromatic ring is 1. The second-order valence-electron chi connectivity index (χ2n) is 2.39. The number of nitrogens with two attached hydrogens (primary N) is 1. The summed E-state index contributed by atoms with van der Waals surface area (Å²) in [5, 5.41) is 7.02. The van der Waals surface area contributed by atoms with Crippen molar-refractivity contribution in [1.82, 2.24) is 15.2 Å². The van der Waals surface area contributed by atoms with E-state index in [1.54, 1.807) is 6.07 Å². The van der Waals surface area contributed by atoms with Crippen LogP contribution in [-0.2, 0) is 0 Å². The van der Waals surface area contributed by atoms with E-state index < -0.39 is 0 Å². The van der Waals surface area contributed by atoms with Gasteiger partial charge in [-0.1, -0.05) is 0 Å². The van der Waals surface area contributed by atoms with Gasteiger partial charge in [0.05, 0.1) is 17.3 Å². The van der Waals surface area contributed by atoms with Gasteiger partial charge in [-0.25, -0.2) is 4.98 Å². The lowest BCUT2D eigenvalue weighted by Crippen LogP contribution is -1.86. The zero-order valence-electron chi connectivity index (χ0n) is 6.11. The van der Waals surface area contributed by atoms with Gasteiger partial charge in [0, 0.05) is 0 Å². The summed E-state index contributed by atoms with van der Waals surface area (Å²) in [7, 11) is 0. The molecule has 0 aliphatic heterocycles. The predicted molar refractivity (Wildman–Crippen MR) is 43.7 cm³/mol. The second-order valence-corrected chi connectivity index (χ2v) is 2.39. The number of aromatic amines is 1. The maximum absolute atomic E-state index is 10.4. The molecule has 2 rings (SSSR count). The maximum Gasteiger partial charge on any atom is 0.171 e. The highest BCUT2D eigenvalue weighted by Crippen LogP contribution is 2.14. The van der Waals surface area contributed by atoms with E-state index in [0.717, 1.165) is 0 Å². The van der Waals surface area contributed by atoms with Gasteiger partial charge in [-0.15, -0.1) is 0 Å². The van der Waals surface area contributed by atoms with Crippen molar-refractivity contribution >= 4 is 23.0 Å². The van der Waals surface area contributed by atoms with Crippen molar-refractivity contribution < 1.29 is 4.79 Å². The Morgan fingerprint density at radius 3 is 3.17 bits per heavy atom. The Morgan fingerprint density at radius 1 is 1.58 bits per heavy atom. The molecule has 2 heterocycles. The van der Waals surface area contributed by atoms with Gasteiger partial charge in [-0.2, -0.15) is 5.10 Å². The minimum atomic E-state index is 0.338. The van der Waals surface area contributed by atoms with Crippen LogP contribution in [0.1, 0.15) is 10.5 Å². The van der Waals surface area contributed by atoms with Crippen LogP contribution in [0.4, 0.5) is 5.69 Å². The van der Waals surface area contributed by atoms with Crippen molar-refractivity contribution in [2.24, 2.45) is 0 Å². The number of H-pyrrole nitrogens is 1. The molecule has 2 aromatic heterocycles.